The zero-order valence-corrected chi connectivity index (χ0v) is 12.1. The molecule has 0 aliphatic carbocycles. The highest BCUT2D eigenvalue weighted by atomic mass is 19.1. The van der Waals surface area contributed by atoms with Crippen LogP contribution in [0.3, 0.4) is 0 Å². The van der Waals surface area contributed by atoms with E-state index in [2.05, 4.69) is 15.3 Å². The monoisotopic (exact) mass is 275 g/mol. The molecule has 1 heterocycles. The van der Waals surface area contributed by atoms with Gasteiger partial charge in [0.2, 0.25) is 0 Å². The third kappa shape index (κ3) is 2.77. The first-order chi connectivity index (χ1) is 9.56. The van der Waals surface area contributed by atoms with Gasteiger partial charge in [-0.1, -0.05) is 0 Å². The summed E-state index contributed by atoms with van der Waals surface area (Å²) in [5.74, 6) is 0.359. The van der Waals surface area contributed by atoms with Gasteiger partial charge < -0.3 is 10.1 Å². The van der Waals surface area contributed by atoms with E-state index in [-0.39, 0.29) is 11.8 Å². The summed E-state index contributed by atoms with van der Waals surface area (Å²) in [5, 5.41) is 3.16. The van der Waals surface area contributed by atoms with Gasteiger partial charge in [-0.3, -0.25) is 0 Å². The molecule has 0 saturated carbocycles. The molecule has 20 heavy (non-hydrogen) atoms. The van der Waals surface area contributed by atoms with Crippen LogP contribution in [0.15, 0.2) is 24.4 Å². The lowest BCUT2D eigenvalue weighted by molar-refractivity contribution is 0.386. The molecule has 0 radical (unpaired) electrons. The molecule has 1 aromatic heterocycles. The summed E-state index contributed by atoms with van der Waals surface area (Å²) in [5.41, 5.74) is 2.68. The van der Waals surface area contributed by atoms with Crippen LogP contribution in [0.25, 0.3) is 11.4 Å². The molecule has 1 aromatic carbocycles. The summed E-state index contributed by atoms with van der Waals surface area (Å²) in [7, 11) is 3.33. The van der Waals surface area contributed by atoms with Gasteiger partial charge in [0.1, 0.15) is 0 Å². The SMILES string of the molecule is CNC(C)c1cnc(-c2ccc(F)c(OC)c2)nc1C. The predicted molar refractivity (Wildman–Crippen MR) is 76.2 cm³/mol. The quantitative estimate of drug-likeness (QED) is 0.932. The first-order valence-corrected chi connectivity index (χ1v) is 6.41. The van der Waals surface area contributed by atoms with Crippen molar-refractivity contribution in [2.45, 2.75) is 19.9 Å². The van der Waals surface area contributed by atoms with Gasteiger partial charge in [-0.15, -0.1) is 0 Å². The van der Waals surface area contributed by atoms with Crippen molar-refractivity contribution in [2.24, 2.45) is 0 Å². The number of hydrogen-bond donors (Lipinski definition) is 1. The number of rotatable bonds is 4. The molecule has 2 rings (SSSR count). The van der Waals surface area contributed by atoms with Crippen molar-refractivity contribution in [3.8, 4) is 17.1 Å². The van der Waals surface area contributed by atoms with Crippen molar-refractivity contribution >= 4 is 0 Å². The molecule has 4 nitrogen and oxygen atoms in total. The highest BCUT2D eigenvalue weighted by Gasteiger charge is 2.12. The molecule has 5 heteroatoms. The van der Waals surface area contributed by atoms with Gasteiger partial charge in [-0.25, -0.2) is 14.4 Å². The Balaban J connectivity index is 2.41. The van der Waals surface area contributed by atoms with E-state index in [0.29, 0.717) is 5.82 Å². The van der Waals surface area contributed by atoms with Crippen LogP contribution in [0.1, 0.15) is 24.2 Å². The molecule has 0 aliphatic rings. The number of hydrogen-bond acceptors (Lipinski definition) is 4. The lowest BCUT2D eigenvalue weighted by atomic mass is 10.1. The Kier molecular flexibility index (Phi) is 4.29. The van der Waals surface area contributed by atoms with Crippen LogP contribution in [0.5, 0.6) is 5.75 Å². The minimum Gasteiger partial charge on any atom is -0.494 e. The van der Waals surface area contributed by atoms with E-state index in [0.717, 1.165) is 16.8 Å². The average Bonchev–Trinajstić information content (AvgIpc) is 2.47. The van der Waals surface area contributed by atoms with Crippen molar-refractivity contribution in [1.29, 1.82) is 0 Å². The Hall–Kier alpha value is -2.01. The molecule has 0 aliphatic heterocycles. The lowest BCUT2D eigenvalue weighted by Crippen LogP contribution is -2.14. The highest BCUT2D eigenvalue weighted by molar-refractivity contribution is 5.58. The van der Waals surface area contributed by atoms with E-state index in [1.807, 2.05) is 20.9 Å². The third-order valence-corrected chi connectivity index (χ3v) is 3.33. The molecule has 0 bridgehead atoms. The number of nitrogens with one attached hydrogen (secondary N) is 1. The van der Waals surface area contributed by atoms with Gasteiger partial charge in [0.05, 0.1) is 7.11 Å². The van der Waals surface area contributed by atoms with Crippen LogP contribution in [0.4, 0.5) is 4.39 Å². The lowest BCUT2D eigenvalue weighted by Gasteiger charge is -2.13. The smallest absolute Gasteiger partial charge is 0.165 e. The maximum Gasteiger partial charge on any atom is 0.165 e. The number of benzene rings is 1. The Morgan fingerprint density at radius 3 is 2.70 bits per heavy atom. The number of methoxy groups -OCH3 is 1. The normalized spacial score (nSPS) is 12.2. The van der Waals surface area contributed by atoms with Gasteiger partial charge in [0.15, 0.2) is 17.4 Å². The second-order valence-corrected chi connectivity index (χ2v) is 4.59. The zero-order valence-electron chi connectivity index (χ0n) is 12.1. The molecule has 0 amide bonds. The molecular formula is C15H18FN3O. The maximum absolute atomic E-state index is 13.4. The van der Waals surface area contributed by atoms with Crippen molar-refractivity contribution in [2.75, 3.05) is 14.2 Å². The molecule has 0 saturated heterocycles. The van der Waals surface area contributed by atoms with E-state index in [4.69, 9.17) is 4.74 Å². The van der Waals surface area contributed by atoms with Crippen molar-refractivity contribution in [3.05, 3.63) is 41.5 Å². The van der Waals surface area contributed by atoms with Crippen LogP contribution in [0, 0.1) is 12.7 Å². The Bertz CT molecular complexity index is 616. The summed E-state index contributed by atoms with van der Waals surface area (Å²) in [6.07, 6.45) is 1.80. The first-order valence-electron chi connectivity index (χ1n) is 6.41. The van der Waals surface area contributed by atoms with Gasteiger partial charge in [0.25, 0.3) is 0 Å². The number of halogens is 1. The van der Waals surface area contributed by atoms with E-state index in [9.17, 15) is 4.39 Å². The van der Waals surface area contributed by atoms with Crippen molar-refractivity contribution in [3.63, 3.8) is 0 Å². The molecule has 1 N–H and O–H groups in total. The van der Waals surface area contributed by atoms with Gasteiger partial charge in [0, 0.05) is 29.1 Å². The topological polar surface area (TPSA) is 47.0 Å². The van der Waals surface area contributed by atoms with Gasteiger partial charge in [-0.05, 0) is 39.1 Å². The standard InChI is InChI=1S/C15H18FN3O/c1-9(17-3)12-8-18-15(19-10(12)2)11-5-6-13(16)14(7-11)20-4/h5-9,17H,1-4H3. The Labute approximate surface area is 118 Å². The molecule has 1 unspecified atom stereocenters. The van der Waals surface area contributed by atoms with Crippen molar-refractivity contribution < 1.29 is 9.13 Å². The fraction of sp³-hybridized carbons (Fsp3) is 0.333. The molecule has 0 fully saturated rings. The van der Waals surface area contributed by atoms with Crippen molar-refractivity contribution in [1.82, 2.24) is 15.3 Å². The van der Waals surface area contributed by atoms with E-state index >= 15 is 0 Å². The number of nitrogens with zero attached hydrogens (tertiary/aromatic N) is 2. The van der Waals surface area contributed by atoms with Crippen LogP contribution in [-0.4, -0.2) is 24.1 Å². The maximum atomic E-state index is 13.4. The Morgan fingerprint density at radius 1 is 1.35 bits per heavy atom. The minimum atomic E-state index is -0.395. The number of aromatic nitrogens is 2. The summed E-state index contributed by atoms with van der Waals surface area (Å²) in [4.78, 5) is 8.84. The fourth-order valence-electron chi connectivity index (χ4n) is 1.99. The first kappa shape index (κ1) is 14.4. The van der Waals surface area contributed by atoms with E-state index < -0.39 is 5.82 Å². The summed E-state index contributed by atoms with van der Waals surface area (Å²) in [6.45, 7) is 3.99. The summed E-state index contributed by atoms with van der Waals surface area (Å²) < 4.78 is 18.4. The Morgan fingerprint density at radius 2 is 2.10 bits per heavy atom. The molecule has 0 spiro atoms. The molecule has 2 aromatic rings. The van der Waals surface area contributed by atoms with E-state index in [1.165, 1.54) is 13.2 Å². The molecular weight excluding hydrogens is 257 g/mol. The minimum absolute atomic E-state index is 0.187. The molecule has 1 atom stereocenters. The fourth-order valence-corrected chi connectivity index (χ4v) is 1.99. The van der Waals surface area contributed by atoms with Gasteiger partial charge in [-0.2, -0.15) is 0 Å². The third-order valence-electron chi connectivity index (χ3n) is 3.33. The van der Waals surface area contributed by atoms with Gasteiger partial charge >= 0.3 is 0 Å². The predicted octanol–water partition coefficient (Wildman–Crippen LogP) is 2.88. The van der Waals surface area contributed by atoms with Crippen LogP contribution in [-0.2, 0) is 0 Å². The summed E-state index contributed by atoms with van der Waals surface area (Å²) in [6, 6.07) is 4.79. The van der Waals surface area contributed by atoms with Crippen LogP contribution < -0.4 is 10.1 Å². The number of aryl methyl sites for hydroxylation is 1. The largest absolute Gasteiger partial charge is 0.494 e. The average molecular weight is 275 g/mol. The molecule has 106 valence electrons. The highest BCUT2D eigenvalue weighted by Crippen LogP contribution is 2.25. The second-order valence-electron chi connectivity index (χ2n) is 4.59. The number of ether oxygens (including phenoxy) is 1. The van der Waals surface area contributed by atoms with Crippen LogP contribution in [0.2, 0.25) is 0 Å². The summed E-state index contributed by atoms with van der Waals surface area (Å²) >= 11 is 0. The van der Waals surface area contributed by atoms with E-state index in [1.54, 1.807) is 18.3 Å². The van der Waals surface area contributed by atoms with Crippen LogP contribution >= 0.6 is 0 Å². The second kappa shape index (κ2) is 5.96. The zero-order chi connectivity index (χ0) is 14.7.